The Bertz CT molecular complexity index is 856. The highest BCUT2D eigenvalue weighted by atomic mass is 16.3. The van der Waals surface area contributed by atoms with Crippen molar-refractivity contribution in [2.24, 2.45) is 0 Å². The highest BCUT2D eigenvalue weighted by Crippen LogP contribution is 2.33. The minimum absolute atomic E-state index is 0.139. The minimum atomic E-state index is -0.776. The molecule has 7 nitrogen and oxygen atoms in total. The lowest BCUT2D eigenvalue weighted by atomic mass is 10.1. The third-order valence-corrected chi connectivity index (χ3v) is 4.95. The first-order valence-electron chi connectivity index (χ1n) is 9.52. The Labute approximate surface area is 165 Å². The molecule has 150 valence electrons. The van der Waals surface area contributed by atoms with Crippen molar-refractivity contribution in [2.75, 3.05) is 36.0 Å². The number of rotatable bonds is 6. The van der Waals surface area contributed by atoms with Crippen LogP contribution in [0.4, 0.5) is 11.4 Å². The number of aryl methyl sites for hydroxylation is 2. The number of hydrogen-bond acceptors (Lipinski definition) is 6. The maximum Gasteiger partial charge on any atom is 0.262 e. The predicted octanol–water partition coefficient (Wildman–Crippen LogP) is 1.87. The number of fused-ring (bicyclic) bond motifs is 1. The highest BCUT2D eigenvalue weighted by molar-refractivity contribution is 6.07. The molecule has 0 saturated heterocycles. The van der Waals surface area contributed by atoms with E-state index in [-0.39, 0.29) is 19.1 Å². The van der Waals surface area contributed by atoms with Crippen molar-refractivity contribution >= 4 is 17.3 Å². The smallest absolute Gasteiger partial charge is 0.262 e. The van der Waals surface area contributed by atoms with Crippen molar-refractivity contribution < 1.29 is 15.0 Å². The van der Waals surface area contributed by atoms with Gasteiger partial charge >= 0.3 is 0 Å². The number of aromatic nitrogens is 2. The Balaban J connectivity index is 1.93. The molecule has 1 aromatic heterocycles. The second-order valence-electron chi connectivity index (χ2n) is 7.90. The van der Waals surface area contributed by atoms with Crippen molar-refractivity contribution in [1.29, 1.82) is 0 Å². The summed E-state index contributed by atoms with van der Waals surface area (Å²) in [6.45, 7) is 8.62. The molecule has 3 rings (SSSR count). The van der Waals surface area contributed by atoms with Gasteiger partial charge in [0, 0.05) is 31.0 Å². The van der Waals surface area contributed by atoms with Gasteiger partial charge in [-0.05, 0) is 57.9 Å². The van der Waals surface area contributed by atoms with Gasteiger partial charge in [0.05, 0.1) is 29.2 Å². The molecule has 0 bridgehead atoms. The van der Waals surface area contributed by atoms with Crippen LogP contribution in [0.1, 0.15) is 41.2 Å². The molecule has 1 aliphatic rings. The first-order chi connectivity index (χ1) is 13.2. The van der Waals surface area contributed by atoms with E-state index in [1.54, 1.807) is 32.6 Å². The summed E-state index contributed by atoms with van der Waals surface area (Å²) in [6, 6.07) is 5.88. The van der Waals surface area contributed by atoms with Gasteiger partial charge in [-0.1, -0.05) is 0 Å². The molecule has 0 unspecified atom stereocenters. The van der Waals surface area contributed by atoms with Gasteiger partial charge in [0.1, 0.15) is 6.33 Å². The van der Waals surface area contributed by atoms with Gasteiger partial charge in [-0.15, -0.1) is 0 Å². The van der Waals surface area contributed by atoms with Crippen LogP contribution >= 0.6 is 0 Å². The maximum absolute atomic E-state index is 13.2. The molecular weight excluding hydrogens is 356 g/mol. The Kier molecular flexibility index (Phi) is 5.67. The summed E-state index contributed by atoms with van der Waals surface area (Å²) >= 11 is 0. The third kappa shape index (κ3) is 4.15. The average molecular weight is 384 g/mol. The van der Waals surface area contributed by atoms with E-state index in [9.17, 15) is 15.0 Å². The Hall–Kier alpha value is -2.51. The van der Waals surface area contributed by atoms with Crippen molar-refractivity contribution in [3.8, 4) is 0 Å². The van der Waals surface area contributed by atoms with Crippen LogP contribution in [0.5, 0.6) is 0 Å². The van der Waals surface area contributed by atoms with Gasteiger partial charge < -0.3 is 20.0 Å². The first kappa shape index (κ1) is 20.2. The molecule has 2 heterocycles. The molecule has 0 aliphatic carbocycles. The van der Waals surface area contributed by atoms with Crippen LogP contribution in [0.15, 0.2) is 24.5 Å². The van der Waals surface area contributed by atoms with Crippen LogP contribution in [0.3, 0.4) is 0 Å². The Morgan fingerprint density at radius 3 is 2.54 bits per heavy atom. The van der Waals surface area contributed by atoms with Gasteiger partial charge in [-0.25, -0.2) is 9.97 Å². The van der Waals surface area contributed by atoms with Crippen LogP contribution in [-0.4, -0.2) is 57.9 Å². The Morgan fingerprint density at radius 1 is 1.25 bits per heavy atom. The second-order valence-corrected chi connectivity index (χ2v) is 7.90. The fraction of sp³-hybridized carbons (Fsp3) is 0.476. The zero-order chi connectivity index (χ0) is 20.5. The summed E-state index contributed by atoms with van der Waals surface area (Å²) in [6.07, 6.45) is 2.30. The van der Waals surface area contributed by atoms with E-state index in [2.05, 4.69) is 14.9 Å². The van der Waals surface area contributed by atoms with Crippen LogP contribution in [0.25, 0.3) is 0 Å². The number of benzene rings is 1. The molecule has 28 heavy (non-hydrogen) atoms. The summed E-state index contributed by atoms with van der Waals surface area (Å²) in [5.74, 6) is -0.212. The van der Waals surface area contributed by atoms with Crippen molar-refractivity contribution in [3.63, 3.8) is 0 Å². The monoisotopic (exact) mass is 384 g/mol. The first-order valence-corrected chi connectivity index (χ1v) is 9.52. The quantitative estimate of drug-likeness (QED) is 0.790. The number of aliphatic hydroxyl groups is 2. The molecule has 0 atom stereocenters. The third-order valence-electron chi connectivity index (χ3n) is 4.95. The van der Waals surface area contributed by atoms with Gasteiger partial charge in [0.15, 0.2) is 0 Å². The van der Waals surface area contributed by atoms with Crippen molar-refractivity contribution in [3.05, 3.63) is 47.0 Å². The molecule has 0 radical (unpaired) electrons. The predicted molar refractivity (Wildman–Crippen MR) is 109 cm³/mol. The lowest BCUT2D eigenvalue weighted by Gasteiger charge is -2.28. The molecular formula is C21H28N4O3. The molecule has 1 aliphatic heterocycles. The average Bonchev–Trinajstić information content (AvgIpc) is 2.99. The summed E-state index contributed by atoms with van der Waals surface area (Å²) in [5, 5.41) is 19.7. The summed E-state index contributed by atoms with van der Waals surface area (Å²) in [5.41, 5.74) is 3.90. The molecule has 0 fully saturated rings. The molecule has 2 aromatic rings. The minimum Gasteiger partial charge on any atom is -0.395 e. The SMILES string of the molecule is Cc1ncnc(C)c1C(=O)N(CCO)c1ccc2c(c1)CCN2CC(C)(C)O. The van der Waals surface area contributed by atoms with E-state index in [0.717, 1.165) is 29.9 Å². The van der Waals surface area contributed by atoms with E-state index in [1.165, 1.54) is 6.33 Å². The molecule has 0 saturated carbocycles. The van der Waals surface area contributed by atoms with E-state index in [1.807, 2.05) is 18.2 Å². The summed E-state index contributed by atoms with van der Waals surface area (Å²) in [7, 11) is 0. The lowest BCUT2D eigenvalue weighted by Crippen LogP contribution is -2.37. The standard InChI is InChI=1S/C21H28N4O3/c1-14-19(15(2)23-13-22-14)20(27)25(9-10-26)17-5-6-18-16(11-17)7-8-24(18)12-21(3,4)28/h5-6,11,13,26,28H,7-10,12H2,1-4H3. The van der Waals surface area contributed by atoms with Gasteiger partial charge in [0.25, 0.3) is 5.91 Å². The molecule has 0 spiro atoms. The summed E-state index contributed by atoms with van der Waals surface area (Å²) in [4.78, 5) is 25.3. The number of amides is 1. The van der Waals surface area contributed by atoms with E-state index in [0.29, 0.717) is 23.5 Å². The topological polar surface area (TPSA) is 89.8 Å². The number of aliphatic hydroxyl groups excluding tert-OH is 1. The van der Waals surface area contributed by atoms with Crippen LogP contribution in [-0.2, 0) is 6.42 Å². The number of anilines is 2. The van der Waals surface area contributed by atoms with E-state index < -0.39 is 5.60 Å². The largest absolute Gasteiger partial charge is 0.395 e. The summed E-state index contributed by atoms with van der Waals surface area (Å²) < 4.78 is 0. The molecule has 1 aromatic carbocycles. The van der Waals surface area contributed by atoms with Gasteiger partial charge in [-0.3, -0.25) is 4.79 Å². The zero-order valence-corrected chi connectivity index (χ0v) is 16.9. The number of hydrogen-bond donors (Lipinski definition) is 2. The van der Waals surface area contributed by atoms with Crippen LogP contribution in [0, 0.1) is 13.8 Å². The number of carbonyl (C=O) groups excluding carboxylic acids is 1. The van der Waals surface area contributed by atoms with Crippen LogP contribution < -0.4 is 9.80 Å². The molecule has 7 heteroatoms. The van der Waals surface area contributed by atoms with E-state index >= 15 is 0 Å². The van der Waals surface area contributed by atoms with Gasteiger partial charge in [-0.2, -0.15) is 0 Å². The van der Waals surface area contributed by atoms with Gasteiger partial charge in [0.2, 0.25) is 0 Å². The number of nitrogens with zero attached hydrogens (tertiary/aromatic N) is 4. The normalized spacial score (nSPS) is 13.6. The van der Waals surface area contributed by atoms with E-state index in [4.69, 9.17) is 0 Å². The van der Waals surface area contributed by atoms with Crippen molar-refractivity contribution in [2.45, 2.75) is 39.7 Å². The number of β-amino-alcohol motifs (C(OH)–C–C–N with tert-alkyl or cyclic N) is 1. The number of carbonyl (C=O) groups is 1. The van der Waals surface area contributed by atoms with Crippen LogP contribution in [0.2, 0.25) is 0 Å². The molecule has 2 N–H and O–H groups in total. The van der Waals surface area contributed by atoms with Crippen molar-refractivity contribution in [1.82, 2.24) is 9.97 Å². The lowest BCUT2D eigenvalue weighted by molar-refractivity contribution is 0.0878. The fourth-order valence-electron chi connectivity index (χ4n) is 3.74. The maximum atomic E-state index is 13.2. The zero-order valence-electron chi connectivity index (χ0n) is 16.9. The molecule has 1 amide bonds. The fourth-order valence-corrected chi connectivity index (χ4v) is 3.74. The second kappa shape index (κ2) is 7.85. The Morgan fingerprint density at radius 2 is 1.93 bits per heavy atom. The highest BCUT2D eigenvalue weighted by Gasteiger charge is 2.27.